The van der Waals surface area contributed by atoms with Crippen molar-refractivity contribution in [1.82, 2.24) is 10.2 Å². The van der Waals surface area contributed by atoms with Crippen molar-refractivity contribution in [3.05, 3.63) is 72.2 Å². The Morgan fingerprint density at radius 1 is 1.12 bits per heavy atom. The summed E-state index contributed by atoms with van der Waals surface area (Å²) in [4.78, 5) is 13.9. The predicted molar refractivity (Wildman–Crippen MR) is 95.5 cm³/mol. The highest BCUT2D eigenvalue weighted by Crippen LogP contribution is 2.20. The summed E-state index contributed by atoms with van der Waals surface area (Å²) in [5.41, 5.74) is 1.18. The zero-order valence-electron chi connectivity index (χ0n) is 14.0. The molecule has 124 valence electrons. The largest absolute Gasteiger partial charge is 0.467 e. The Morgan fingerprint density at radius 2 is 1.92 bits per heavy atom. The van der Waals surface area contributed by atoms with Crippen molar-refractivity contribution in [1.29, 1.82) is 0 Å². The lowest BCUT2D eigenvalue weighted by atomic mass is 10.0. The molecule has 1 atom stereocenters. The van der Waals surface area contributed by atoms with E-state index in [4.69, 9.17) is 4.42 Å². The van der Waals surface area contributed by atoms with Crippen LogP contribution in [0.3, 0.4) is 0 Å². The molecule has 0 radical (unpaired) electrons. The minimum atomic E-state index is 0.0408. The Kier molecular flexibility index (Phi) is 4.96. The van der Waals surface area contributed by atoms with E-state index in [-0.39, 0.29) is 11.9 Å². The summed E-state index contributed by atoms with van der Waals surface area (Å²) < 4.78 is 5.28. The number of hydrogen-bond donors (Lipinski definition) is 1. The molecule has 0 bridgehead atoms. The molecular formula is C20H22N2O2. The maximum Gasteiger partial charge on any atom is 0.236 e. The minimum absolute atomic E-state index is 0.0408. The number of fused-ring (bicyclic) bond motifs is 1. The van der Waals surface area contributed by atoms with E-state index >= 15 is 0 Å². The zero-order valence-corrected chi connectivity index (χ0v) is 14.0. The molecule has 4 heteroatoms. The molecule has 0 saturated carbocycles. The highest BCUT2D eigenvalue weighted by Gasteiger charge is 2.13. The second kappa shape index (κ2) is 7.32. The summed E-state index contributed by atoms with van der Waals surface area (Å²) in [5, 5.41) is 5.74. The van der Waals surface area contributed by atoms with Gasteiger partial charge in [0.25, 0.3) is 0 Å². The number of carbonyl (C=O) groups excluding carboxylic acids is 1. The SMILES string of the molecule is C[C@@H](NCC(=O)N(C)Cc1ccco1)c1ccc2ccccc2c1. The zero-order chi connectivity index (χ0) is 16.9. The molecule has 0 aliphatic carbocycles. The molecule has 0 spiro atoms. The Bertz CT molecular complexity index is 811. The van der Waals surface area contributed by atoms with E-state index in [1.165, 1.54) is 16.3 Å². The molecule has 0 fully saturated rings. The summed E-state index contributed by atoms with van der Waals surface area (Å²) in [6.45, 7) is 2.85. The lowest BCUT2D eigenvalue weighted by Crippen LogP contribution is -2.36. The third kappa shape index (κ3) is 3.84. The third-order valence-corrected chi connectivity index (χ3v) is 4.23. The van der Waals surface area contributed by atoms with E-state index in [1.807, 2.05) is 24.3 Å². The van der Waals surface area contributed by atoms with Crippen molar-refractivity contribution < 1.29 is 9.21 Å². The van der Waals surface area contributed by atoms with Gasteiger partial charge < -0.3 is 14.6 Å². The van der Waals surface area contributed by atoms with Crippen molar-refractivity contribution in [2.45, 2.75) is 19.5 Å². The molecule has 1 heterocycles. The van der Waals surface area contributed by atoms with Crippen LogP contribution in [0.4, 0.5) is 0 Å². The fraction of sp³-hybridized carbons (Fsp3) is 0.250. The first-order valence-electron chi connectivity index (χ1n) is 8.12. The minimum Gasteiger partial charge on any atom is -0.467 e. The third-order valence-electron chi connectivity index (χ3n) is 4.23. The van der Waals surface area contributed by atoms with Gasteiger partial charge in [-0.1, -0.05) is 36.4 Å². The van der Waals surface area contributed by atoms with Crippen LogP contribution in [0.15, 0.2) is 65.3 Å². The second-order valence-corrected chi connectivity index (χ2v) is 6.04. The highest BCUT2D eigenvalue weighted by molar-refractivity contribution is 5.83. The number of nitrogens with one attached hydrogen (secondary N) is 1. The van der Waals surface area contributed by atoms with E-state index in [0.29, 0.717) is 13.1 Å². The summed E-state index contributed by atoms with van der Waals surface area (Å²) in [7, 11) is 1.78. The van der Waals surface area contributed by atoms with Crippen molar-refractivity contribution in [3.63, 3.8) is 0 Å². The highest BCUT2D eigenvalue weighted by atomic mass is 16.3. The Hall–Kier alpha value is -2.59. The molecule has 2 aromatic carbocycles. The molecule has 1 amide bonds. The first-order chi connectivity index (χ1) is 11.6. The summed E-state index contributed by atoms with van der Waals surface area (Å²) in [6.07, 6.45) is 1.62. The predicted octanol–water partition coefficient (Wildman–Crippen LogP) is 3.74. The fourth-order valence-corrected chi connectivity index (χ4v) is 2.69. The van der Waals surface area contributed by atoms with E-state index in [9.17, 15) is 4.79 Å². The van der Waals surface area contributed by atoms with Gasteiger partial charge in [-0.15, -0.1) is 0 Å². The topological polar surface area (TPSA) is 45.5 Å². The second-order valence-electron chi connectivity index (χ2n) is 6.04. The molecule has 0 unspecified atom stereocenters. The number of hydrogen-bond acceptors (Lipinski definition) is 3. The lowest BCUT2D eigenvalue weighted by Gasteiger charge is -2.19. The van der Waals surface area contributed by atoms with Crippen LogP contribution in [0.5, 0.6) is 0 Å². The van der Waals surface area contributed by atoms with E-state index < -0.39 is 0 Å². The maximum atomic E-state index is 12.2. The van der Waals surface area contributed by atoms with Crippen molar-refractivity contribution in [3.8, 4) is 0 Å². The van der Waals surface area contributed by atoms with Crippen LogP contribution in [0.25, 0.3) is 10.8 Å². The number of benzene rings is 2. The number of rotatable bonds is 6. The van der Waals surface area contributed by atoms with Crippen molar-refractivity contribution in [2.24, 2.45) is 0 Å². The van der Waals surface area contributed by atoms with Crippen LogP contribution in [0, 0.1) is 0 Å². The smallest absolute Gasteiger partial charge is 0.236 e. The van der Waals surface area contributed by atoms with Gasteiger partial charge in [0.15, 0.2) is 0 Å². The number of likely N-dealkylation sites (N-methyl/N-ethyl adjacent to an activating group) is 1. The van der Waals surface area contributed by atoms with Gasteiger partial charge in [0.1, 0.15) is 5.76 Å². The van der Waals surface area contributed by atoms with Crippen LogP contribution in [-0.2, 0) is 11.3 Å². The first kappa shape index (κ1) is 16.3. The van der Waals surface area contributed by atoms with Gasteiger partial charge in [-0.2, -0.15) is 0 Å². The van der Waals surface area contributed by atoms with Gasteiger partial charge in [0.05, 0.1) is 19.4 Å². The molecule has 3 aromatic rings. The van der Waals surface area contributed by atoms with Gasteiger partial charge in [0.2, 0.25) is 5.91 Å². The molecule has 0 aliphatic rings. The van der Waals surface area contributed by atoms with Gasteiger partial charge >= 0.3 is 0 Å². The summed E-state index contributed by atoms with van der Waals surface area (Å²) >= 11 is 0. The average Bonchev–Trinajstić information content (AvgIpc) is 3.11. The fourth-order valence-electron chi connectivity index (χ4n) is 2.69. The Labute approximate surface area is 142 Å². The Morgan fingerprint density at radius 3 is 2.67 bits per heavy atom. The van der Waals surface area contributed by atoms with Gasteiger partial charge in [-0.25, -0.2) is 0 Å². The van der Waals surface area contributed by atoms with Gasteiger partial charge in [-0.05, 0) is 41.5 Å². The molecule has 1 N–H and O–H groups in total. The van der Waals surface area contributed by atoms with Crippen molar-refractivity contribution >= 4 is 16.7 Å². The molecule has 0 aliphatic heterocycles. The van der Waals surface area contributed by atoms with Crippen LogP contribution in [-0.4, -0.2) is 24.4 Å². The Balaban J connectivity index is 1.57. The first-order valence-corrected chi connectivity index (χ1v) is 8.12. The molecule has 1 aromatic heterocycles. The molecule has 24 heavy (non-hydrogen) atoms. The number of carbonyl (C=O) groups is 1. The van der Waals surface area contributed by atoms with Crippen molar-refractivity contribution in [2.75, 3.05) is 13.6 Å². The van der Waals surface area contributed by atoms with Crippen LogP contribution in [0.2, 0.25) is 0 Å². The lowest BCUT2D eigenvalue weighted by molar-refractivity contribution is -0.129. The quantitative estimate of drug-likeness (QED) is 0.752. The van der Waals surface area contributed by atoms with Crippen LogP contribution >= 0.6 is 0 Å². The molecular weight excluding hydrogens is 300 g/mol. The van der Waals surface area contributed by atoms with E-state index in [2.05, 4.69) is 42.6 Å². The number of amides is 1. The van der Waals surface area contributed by atoms with E-state index in [0.717, 1.165) is 5.76 Å². The number of nitrogens with zero attached hydrogens (tertiary/aromatic N) is 1. The van der Waals surface area contributed by atoms with Crippen LogP contribution < -0.4 is 5.32 Å². The van der Waals surface area contributed by atoms with Gasteiger partial charge in [0, 0.05) is 13.1 Å². The molecule has 4 nitrogen and oxygen atoms in total. The molecule has 3 rings (SSSR count). The summed E-state index contributed by atoms with van der Waals surface area (Å²) in [6, 6.07) is 18.5. The summed E-state index contributed by atoms with van der Waals surface area (Å²) in [5.74, 6) is 0.826. The average molecular weight is 322 g/mol. The van der Waals surface area contributed by atoms with Crippen LogP contribution in [0.1, 0.15) is 24.3 Å². The number of furan rings is 1. The monoisotopic (exact) mass is 322 g/mol. The molecule has 0 saturated heterocycles. The van der Waals surface area contributed by atoms with Gasteiger partial charge in [-0.3, -0.25) is 4.79 Å². The van der Waals surface area contributed by atoms with E-state index in [1.54, 1.807) is 18.2 Å². The normalized spacial score (nSPS) is 12.2. The maximum absolute atomic E-state index is 12.2. The standard InChI is InChI=1S/C20H22N2O2/c1-15(17-10-9-16-6-3-4-7-18(16)12-17)21-13-20(23)22(2)14-19-8-5-11-24-19/h3-12,15,21H,13-14H2,1-2H3/t15-/m1/s1.